The summed E-state index contributed by atoms with van der Waals surface area (Å²) in [5.41, 5.74) is 2.34. The molecule has 118 valence electrons. The standard InChI is InChI=1S/C18H23NO3/c1-20-16-6-4-5-14(11-16)9-10-19-13-15-12-17(21-2)7-8-18(15)22-3/h4-8,11-12,19H,9-10,13H2,1-3H3. The predicted octanol–water partition coefficient (Wildman–Crippen LogP) is 3.04. The summed E-state index contributed by atoms with van der Waals surface area (Å²) in [5.74, 6) is 2.60. The molecule has 22 heavy (non-hydrogen) atoms. The smallest absolute Gasteiger partial charge is 0.123 e. The minimum absolute atomic E-state index is 0.740. The average Bonchev–Trinajstić information content (AvgIpc) is 2.58. The Morgan fingerprint density at radius 1 is 0.864 bits per heavy atom. The molecule has 0 aliphatic heterocycles. The molecule has 0 heterocycles. The van der Waals surface area contributed by atoms with E-state index < -0.39 is 0 Å². The number of hydrogen-bond donors (Lipinski definition) is 1. The van der Waals surface area contributed by atoms with Crippen LogP contribution in [0.1, 0.15) is 11.1 Å². The van der Waals surface area contributed by atoms with Crippen LogP contribution in [-0.4, -0.2) is 27.9 Å². The van der Waals surface area contributed by atoms with E-state index in [9.17, 15) is 0 Å². The Hall–Kier alpha value is -2.20. The van der Waals surface area contributed by atoms with E-state index in [0.29, 0.717) is 0 Å². The summed E-state index contributed by atoms with van der Waals surface area (Å²) in [6.45, 7) is 1.62. The third-order valence-electron chi connectivity index (χ3n) is 3.53. The van der Waals surface area contributed by atoms with Crippen molar-refractivity contribution in [2.45, 2.75) is 13.0 Å². The molecular weight excluding hydrogens is 278 g/mol. The molecule has 0 bridgehead atoms. The van der Waals surface area contributed by atoms with Gasteiger partial charge in [-0.3, -0.25) is 0 Å². The van der Waals surface area contributed by atoms with Gasteiger partial charge in [0, 0.05) is 12.1 Å². The maximum Gasteiger partial charge on any atom is 0.123 e. The molecule has 0 aliphatic carbocycles. The monoisotopic (exact) mass is 301 g/mol. The highest BCUT2D eigenvalue weighted by Crippen LogP contribution is 2.23. The zero-order chi connectivity index (χ0) is 15.8. The predicted molar refractivity (Wildman–Crippen MR) is 88.0 cm³/mol. The fourth-order valence-electron chi connectivity index (χ4n) is 2.30. The number of hydrogen-bond acceptors (Lipinski definition) is 4. The maximum absolute atomic E-state index is 5.38. The van der Waals surface area contributed by atoms with E-state index in [1.165, 1.54) is 5.56 Å². The molecule has 2 aromatic rings. The number of nitrogens with one attached hydrogen (secondary N) is 1. The molecule has 2 aromatic carbocycles. The van der Waals surface area contributed by atoms with Crippen LogP contribution in [0.2, 0.25) is 0 Å². The molecule has 0 fully saturated rings. The number of benzene rings is 2. The second-order valence-corrected chi connectivity index (χ2v) is 4.96. The topological polar surface area (TPSA) is 39.7 Å². The van der Waals surface area contributed by atoms with Crippen LogP contribution in [0, 0.1) is 0 Å². The van der Waals surface area contributed by atoms with Gasteiger partial charge in [-0.05, 0) is 48.9 Å². The summed E-state index contributed by atoms with van der Waals surface area (Å²) >= 11 is 0. The first kappa shape index (κ1) is 16.2. The van der Waals surface area contributed by atoms with Crippen molar-refractivity contribution in [2.24, 2.45) is 0 Å². The number of rotatable bonds is 8. The first-order valence-corrected chi connectivity index (χ1v) is 7.31. The molecule has 0 aromatic heterocycles. The van der Waals surface area contributed by atoms with Crippen molar-refractivity contribution >= 4 is 0 Å². The van der Waals surface area contributed by atoms with E-state index in [-0.39, 0.29) is 0 Å². The highest BCUT2D eigenvalue weighted by molar-refractivity contribution is 5.40. The Kier molecular flexibility index (Phi) is 6.10. The van der Waals surface area contributed by atoms with Crippen LogP contribution in [-0.2, 0) is 13.0 Å². The van der Waals surface area contributed by atoms with Crippen LogP contribution >= 0.6 is 0 Å². The first-order valence-electron chi connectivity index (χ1n) is 7.31. The van der Waals surface area contributed by atoms with E-state index in [2.05, 4.69) is 17.4 Å². The van der Waals surface area contributed by atoms with Gasteiger partial charge in [0.1, 0.15) is 17.2 Å². The molecule has 0 spiro atoms. The van der Waals surface area contributed by atoms with Crippen molar-refractivity contribution in [3.63, 3.8) is 0 Å². The Morgan fingerprint density at radius 3 is 2.36 bits per heavy atom. The van der Waals surface area contributed by atoms with Gasteiger partial charge >= 0.3 is 0 Å². The molecule has 0 saturated heterocycles. The molecule has 0 atom stereocenters. The van der Waals surface area contributed by atoms with Gasteiger partial charge in [-0.1, -0.05) is 12.1 Å². The van der Waals surface area contributed by atoms with Crippen molar-refractivity contribution in [3.05, 3.63) is 53.6 Å². The summed E-state index contributed by atoms with van der Waals surface area (Å²) in [6, 6.07) is 14.0. The van der Waals surface area contributed by atoms with Gasteiger partial charge in [-0.2, -0.15) is 0 Å². The highest BCUT2D eigenvalue weighted by atomic mass is 16.5. The normalized spacial score (nSPS) is 10.3. The second-order valence-electron chi connectivity index (χ2n) is 4.96. The second kappa shape index (κ2) is 8.29. The molecule has 1 N–H and O–H groups in total. The third kappa shape index (κ3) is 4.40. The number of methoxy groups -OCH3 is 3. The highest BCUT2D eigenvalue weighted by Gasteiger charge is 2.04. The van der Waals surface area contributed by atoms with Crippen LogP contribution < -0.4 is 19.5 Å². The number of ether oxygens (including phenoxy) is 3. The molecule has 0 unspecified atom stereocenters. The van der Waals surface area contributed by atoms with Gasteiger partial charge in [0.05, 0.1) is 21.3 Å². The van der Waals surface area contributed by atoms with Crippen molar-refractivity contribution in [1.82, 2.24) is 5.32 Å². The molecular formula is C18H23NO3. The third-order valence-corrected chi connectivity index (χ3v) is 3.53. The van der Waals surface area contributed by atoms with Crippen molar-refractivity contribution < 1.29 is 14.2 Å². The summed E-state index contributed by atoms with van der Waals surface area (Å²) < 4.78 is 15.9. The SMILES string of the molecule is COc1cccc(CCNCc2cc(OC)ccc2OC)c1. The molecule has 4 heteroatoms. The van der Waals surface area contributed by atoms with E-state index in [0.717, 1.165) is 42.3 Å². The Morgan fingerprint density at radius 2 is 1.64 bits per heavy atom. The molecule has 0 aliphatic rings. The summed E-state index contributed by atoms with van der Waals surface area (Å²) in [7, 11) is 5.04. The largest absolute Gasteiger partial charge is 0.497 e. The molecule has 0 radical (unpaired) electrons. The van der Waals surface area contributed by atoms with Crippen LogP contribution in [0.3, 0.4) is 0 Å². The van der Waals surface area contributed by atoms with E-state index >= 15 is 0 Å². The molecule has 0 amide bonds. The van der Waals surface area contributed by atoms with Gasteiger partial charge in [0.2, 0.25) is 0 Å². The van der Waals surface area contributed by atoms with Gasteiger partial charge in [0.15, 0.2) is 0 Å². The zero-order valence-electron chi connectivity index (χ0n) is 13.4. The summed E-state index contributed by atoms with van der Waals surface area (Å²) in [5, 5.41) is 3.44. The first-order chi connectivity index (χ1) is 10.8. The van der Waals surface area contributed by atoms with Crippen molar-refractivity contribution in [2.75, 3.05) is 27.9 Å². The van der Waals surface area contributed by atoms with Crippen LogP contribution in [0.15, 0.2) is 42.5 Å². The Labute approximate surface area is 132 Å². The Balaban J connectivity index is 1.88. The van der Waals surface area contributed by atoms with E-state index in [4.69, 9.17) is 14.2 Å². The van der Waals surface area contributed by atoms with E-state index in [1.807, 2.05) is 30.3 Å². The minimum Gasteiger partial charge on any atom is -0.497 e. The Bertz CT molecular complexity index is 599. The van der Waals surface area contributed by atoms with Crippen LogP contribution in [0.25, 0.3) is 0 Å². The van der Waals surface area contributed by atoms with Gasteiger partial charge in [0.25, 0.3) is 0 Å². The van der Waals surface area contributed by atoms with Gasteiger partial charge in [-0.15, -0.1) is 0 Å². The zero-order valence-corrected chi connectivity index (χ0v) is 13.4. The lowest BCUT2D eigenvalue weighted by atomic mass is 10.1. The molecule has 2 rings (SSSR count). The molecule has 4 nitrogen and oxygen atoms in total. The summed E-state index contributed by atoms with van der Waals surface area (Å²) in [4.78, 5) is 0. The van der Waals surface area contributed by atoms with E-state index in [1.54, 1.807) is 21.3 Å². The lowest BCUT2D eigenvalue weighted by molar-refractivity contribution is 0.397. The van der Waals surface area contributed by atoms with Crippen molar-refractivity contribution in [3.8, 4) is 17.2 Å². The lowest BCUT2D eigenvalue weighted by Crippen LogP contribution is -2.17. The van der Waals surface area contributed by atoms with Crippen molar-refractivity contribution in [1.29, 1.82) is 0 Å². The van der Waals surface area contributed by atoms with Crippen LogP contribution in [0.4, 0.5) is 0 Å². The summed E-state index contributed by atoms with van der Waals surface area (Å²) in [6.07, 6.45) is 0.948. The fraction of sp³-hybridized carbons (Fsp3) is 0.333. The minimum atomic E-state index is 0.740. The van der Waals surface area contributed by atoms with Gasteiger partial charge < -0.3 is 19.5 Å². The van der Waals surface area contributed by atoms with Gasteiger partial charge in [-0.25, -0.2) is 0 Å². The average molecular weight is 301 g/mol. The lowest BCUT2D eigenvalue weighted by Gasteiger charge is -2.11. The maximum atomic E-state index is 5.38. The van der Waals surface area contributed by atoms with Crippen LogP contribution in [0.5, 0.6) is 17.2 Å². The quantitative estimate of drug-likeness (QED) is 0.761. The molecule has 0 saturated carbocycles. The fourth-order valence-corrected chi connectivity index (χ4v) is 2.30.